The van der Waals surface area contributed by atoms with Crippen LogP contribution in [0.1, 0.15) is 46.6 Å². The summed E-state index contributed by atoms with van der Waals surface area (Å²) >= 11 is 0. The first-order valence-corrected chi connectivity index (χ1v) is 5.39. The number of esters is 2. The lowest BCUT2D eigenvalue weighted by atomic mass is 10.2. The maximum atomic E-state index is 11.4. The molecule has 1 aromatic rings. The number of imidazole rings is 1. The molecule has 17 heavy (non-hydrogen) atoms. The molecule has 6 nitrogen and oxygen atoms in total. The van der Waals surface area contributed by atoms with Gasteiger partial charge in [0, 0.05) is 6.42 Å². The van der Waals surface area contributed by atoms with Crippen LogP contribution in [0.4, 0.5) is 0 Å². The van der Waals surface area contributed by atoms with Crippen molar-refractivity contribution < 1.29 is 19.1 Å². The molecule has 0 aromatic carbocycles. The molecule has 1 heterocycles. The second kappa shape index (κ2) is 6.03. The topological polar surface area (TPSA) is 81.3 Å². The van der Waals surface area contributed by atoms with Crippen molar-refractivity contribution in [1.82, 2.24) is 9.97 Å². The molecule has 0 unspecified atom stereocenters. The minimum Gasteiger partial charge on any atom is -0.464 e. The summed E-state index contributed by atoms with van der Waals surface area (Å²) in [6.45, 7) is 2.05. The summed E-state index contributed by atoms with van der Waals surface area (Å²) in [4.78, 5) is 29.7. The van der Waals surface area contributed by atoms with Crippen molar-refractivity contribution in [2.75, 3.05) is 14.2 Å². The summed E-state index contributed by atoms with van der Waals surface area (Å²) in [5.74, 6) is -0.683. The number of nitrogens with zero attached hydrogens (tertiary/aromatic N) is 1. The van der Waals surface area contributed by atoms with Gasteiger partial charge in [-0.3, -0.25) is 0 Å². The monoisotopic (exact) mass is 240 g/mol. The predicted molar refractivity (Wildman–Crippen MR) is 59.9 cm³/mol. The van der Waals surface area contributed by atoms with Crippen LogP contribution in [0.3, 0.4) is 0 Å². The first-order valence-electron chi connectivity index (χ1n) is 5.39. The Morgan fingerprint density at radius 2 is 1.88 bits per heavy atom. The zero-order chi connectivity index (χ0) is 12.8. The molecule has 0 radical (unpaired) electrons. The van der Waals surface area contributed by atoms with E-state index in [1.165, 1.54) is 14.2 Å². The van der Waals surface area contributed by atoms with Crippen molar-refractivity contribution in [3.05, 3.63) is 17.2 Å². The summed E-state index contributed by atoms with van der Waals surface area (Å²) in [6.07, 6.45) is 2.61. The van der Waals surface area contributed by atoms with Gasteiger partial charge in [0.25, 0.3) is 0 Å². The standard InChI is InChI=1S/C11H16N2O4/c1-4-5-6-7-12-8(10(14)16-2)9(13-7)11(15)17-3/h4-6H2,1-3H3,(H,12,13). The van der Waals surface area contributed by atoms with E-state index in [1.54, 1.807) is 0 Å². The lowest BCUT2D eigenvalue weighted by Gasteiger charge is -1.98. The van der Waals surface area contributed by atoms with E-state index in [1.807, 2.05) is 6.92 Å². The minimum atomic E-state index is -0.649. The van der Waals surface area contributed by atoms with Crippen LogP contribution in [0, 0.1) is 0 Å². The molecular formula is C11H16N2O4. The summed E-state index contributed by atoms with van der Waals surface area (Å²) in [6, 6.07) is 0. The van der Waals surface area contributed by atoms with Crippen molar-refractivity contribution in [3.8, 4) is 0 Å². The van der Waals surface area contributed by atoms with Gasteiger partial charge in [0.05, 0.1) is 14.2 Å². The summed E-state index contributed by atoms with van der Waals surface area (Å²) in [5, 5.41) is 0. The van der Waals surface area contributed by atoms with Gasteiger partial charge in [-0.1, -0.05) is 13.3 Å². The molecule has 0 saturated heterocycles. The lowest BCUT2D eigenvalue weighted by molar-refractivity contribution is 0.0548. The molecule has 1 aromatic heterocycles. The van der Waals surface area contributed by atoms with Crippen LogP contribution in [-0.2, 0) is 15.9 Å². The van der Waals surface area contributed by atoms with Crippen molar-refractivity contribution >= 4 is 11.9 Å². The van der Waals surface area contributed by atoms with Crippen molar-refractivity contribution in [2.24, 2.45) is 0 Å². The number of carbonyl (C=O) groups excluding carboxylic acids is 2. The summed E-state index contributed by atoms with van der Waals surface area (Å²) < 4.78 is 9.13. The van der Waals surface area contributed by atoms with Crippen molar-refractivity contribution in [2.45, 2.75) is 26.2 Å². The number of aryl methyl sites for hydroxylation is 1. The lowest BCUT2D eigenvalue weighted by Crippen LogP contribution is -2.11. The van der Waals surface area contributed by atoms with E-state index >= 15 is 0 Å². The van der Waals surface area contributed by atoms with Gasteiger partial charge in [-0.25, -0.2) is 14.6 Å². The molecule has 1 rings (SSSR count). The van der Waals surface area contributed by atoms with Crippen molar-refractivity contribution in [1.29, 1.82) is 0 Å². The Bertz CT molecular complexity index is 378. The Labute approximate surface area is 99.3 Å². The number of carbonyl (C=O) groups is 2. The number of aromatic nitrogens is 2. The van der Waals surface area contributed by atoms with Gasteiger partial charge in [0.15, 0.2) is 11.4 Å². The molecule has 6 heteroatoms. The average molecular weight is 240 g/mol. The van der Waals surface area contributed by atoms with Gasteiger partial charge >= 0.3 is 11.9 Å². The van der Waals surface area contributed by atoms with E-state index in [4.69, 9.17) is 0 Å². The smallest absolute Gasteiger partial charge is 0.359 e. The van der Waals surface area contributed by atoms with Gasteiger partial charge in [0.1, 0.15) is 5.82 Å². The molecule has 0 atom stereocenters. The van der Waals surface area contributed by atoms with Crippen LogP contribution in [-0.4, -0.2) is 36.1 Å². The Morgan fingerprint density at radius 3 is 2.41 bits per heavy atom. The highest BCUT2D eigenvalue weighted by molar-refractivity contribution is 6.00. The highest BCUT2D eigenvalue weighted by atomic mass is 16.5. The zero-order valence-corrected chi connectivity index (χ0v) is 10.2. The zero-order valence-electron chi connectivity index (χ0n) is 10.2. The molecule has 0 aliphatic heterocycles. The fourth-order valence-electron chi connectivity index (χ4n) is 1.38. The summed E-state index contributed by atoms with van der Waals surface area (Å²) in [5.41, 5.74) is 0.0240. The number of hydrogen-bond acceptors (Lipinski definition) is 5. The van der Waals surface area contributed by atoms with Crippen LogP contribution < -0.4 is 0 Å². The molecular weight excluding hydrogens is 224 g/mol. The molecule has 0 saturated carbocycles. The fraction of sp³-hybridized carbons (Fsp3) is 0.545. The highest BCUT2D eigenvalue weighted by Gasteiger charge is 2.23. The maximum Gasteiger partial charge on any atom is 0.359 e. The first-order chi connectivity index (χ1) is 8.13. The number of H-pyrrole nitrogens is 1. The van der Waals surface area contributed by atoms with Gasteiger partial charge in [-0.15, -0.1) is 0 Å². The van der Waals surface area contributed by atoms with Gasteiger partial charge in [-0.2, -0.15) is 0 Å². The third kappa shape index (κ3) is 3.05. The maximum absolute atomic E-state index is 11.4. The molecule has 0 spiro atoms. The minimum absolute atomic E-state index is 0.0227. The number of aromatic amines is 1. The molecule has 1 N–H and O–H groups in total. The predicted octanol–water partition coefficient (Wildman–Crippen LogP) is 1.33. The van der Waals surface area contributed by atoms with Crippen LogP contribution in [0.25, 0.3) is 0 Å². The Morgan fingerprint density at radius 1 is 1.24 bits per heavy atom. The number of ether oxygens (including phenoxy) is 2. The Kier molecular flexibility index (Phi) is 4.68. The van der Waals surface area contributed by atoms with E-state index < -0.39 is 11.9 Å². The van der Waals surface area contributed by atoms with Crippen LogP contribution in [0.5, 0.6) is 0 Å². The molecule has 0 bridgehead atoms. The van der Waals surface area contributed by atoms with E-state index in [2.05, 4.69) is 19.4 Å². The van der Waals surface area contributed by atoms with Crippen molar-refractivity contribution in [3.63, 3.8) is 0 Å². The quantitative estimate of drug-likeness (QED) is 0.785. The number of methoxy groups -OCH3 is 2. The molecule has 94 valence electrons. The third-order valence-electron chi connectivity index (χ3n) is 2.29. The molecule has 0 aliphatic carbocycles. The normalized spacial score (nSPS) is 10.1. The summed E-state index contributed by atoms with van der Waals surface area (Å²) in [7, 11) is 2.49. The number of nitrogens with one attached hydrogen (secondary N) is 1. The third-order valence-corrected chi connectivity index (χ3v) is 2.29. The first kappa shape index (κ1) is 13.2. The number of unbranched alkanes of at least 4 members (excludes halogenated alkanes) is 1. The highest BCUT2D eigenvalue weighted by Crippen LogP contribution is 2.11. The Hall–Kier alpha value is -1.85. The van der Waals surface area contributed by atoms with Gasteiger partial charge in [0.2, 0.25) is 0 Å². The van der Waals surface area contributed by atoms with Crippen LogP contribution in [0.15, 0.2) is 0 Å². The second-order valence-electron chi connectivity index (χ2n) is 3.49. The second-order valence-corrected chi connectivity index (χ2v) is 3.49. The van der Waals surface area contributed by atoms with E-state index in [-0.39, 0.29) is 11.4 Å². The van der Waals surface area contributed by atoms with Gasteiger partial charge < -0.3 is 14.5 Å². The van der Waals surface area contributed by atoms with E-state index in [0.29, 0.717) is 12.2 Å². The number of hydrogen-bond donors (Lipinski definition) is 1. The molecule has 0 amide bonds. The Balaban J connectivity index is 3.03. The van der Waals surface area contributed by atoms with E-state index in [0.717, 1.165) is 12.8 Å². The SMILES string of the molecule is CCCCc1nc(C(=O)OC)c(C(=O)OC)[nH]1. The number of rotatable bonds is 5. The largest absolute Gasteiger partial charge is 0.464 e. The average Bonchev–Trinajstić information content (AvgIpc) is 2.78. The van der Waals surface area contributed by atoms with Crippen LogP contribution >= 0.6 is 0 Å². The van der Waals surface area contributed by atoms with Gasteiger partial charge in [-0.05, 0) is 6.42 Å². The fourth-order valence-corrected chi connectivity index (χ4v) is 1.38. The molecule has 0 fully saturated rings. The van der Waals surface area contributed by atoms with Crippen LogP contribution in [0.2, 0.25) is 0 Å². The van der Waals surface area contributed by atoms with E-state index in [9.17, 15) is 9.59 Å². The molecule has 0 aliphatic rings.